The van der Waals surface area contributed by atoms with Crippen LogP contribution in [0.15, 0.2) is 23.1 Å². The van der Waals surface area contributed by atoms with Gasteiger partial charge in [-0.25, -0.2) is 12.8 Å². The summed E-state index contributed by atoms with van der Waals surface area (Å²) < 4.78 is 42.8. The van der Waals surface area contributed by atoms with Gasteiger partial charge < -0.3 is 9.84 Å². The zero-order chi connectivity index (χ0) is 15.8. The second kappa shape index (κ2) is 5.38. The molecule has 0 aliphatic carbocycles. The van der Waals surface area contributed by atoms with Crippen molar-refractivity contribution in [3.8, 4) is 0 Å². The number of fused-ring (bicyclic) bond motifs is 1. The van der Waals surface area contributed by atoms with Crippen molar-refractivity contribution < 1.29 is 27.4 Å². The van der Waals surface area contributed by atoms with Crippen LogP contribution in [0, 0.1) is 5.82 Å². The molecule has 0 aromatic heterocycles. The fraction of sp³-hybridized carbons (Fsp3) is 0.500. The highest BCUT2D eigenvalue weighted by Gasteiger charge is 2.46. The van der Waals surface area contributed by atoms with E-state index >= 15 is 0 Å². The average Bonchev–Trinajstić information content (AvgIpc) is 2.36. The lowest BCUT2D eigenvalue weighted by Crippen LogP contribution is -2.41. The van der Waals surface area contributed by atoms with Gasteiger partial charge in [-0.1, -0.05) is 0 Å². The van der Waals surface area contributed by atoms with Crippen molar-refractivity contribution in [3.63, 3.8) is 0 Å². The number of carbonyl (C=O) groups excluding carboxylic acids is 1. The standard InChI is InChI=1S/C14H17FO5S/c1-3-20-13(16)8-14(17)7-9(2)21(18,19)12-5-4-10(15)6-11(12)14/h4-6,9,17H,3,7-8H2,1-2H3/t9-,14-/m1/s1. The van der Waals surface area contributed by atoms with Gasteiger partial charge in [0.2, 0.25) is 0 Å². The highest BCUT2D eigenvalue weighted by Crippen LogP contribution is 2.42. The van der Waals surface area contributed by atoms with Crippen molar-refractivity contribution in [2.24, 2.45) is 0 Å². The predicted molar refractivity (Wildman–Crippen MR) is 72.8 cm³/mol. The summed E-state index contributed by atoms with van der Waals surface area (Å²) in [5.74, 6) is -1.32. The van der Waals surface area contributed by atoms with Gasteiger partial charge in [-0.05, 0) is 38.5 Å². The summed E-state index contributed by atoms with van der Waals surface area (Å²) in [6.07, 6.45) is -0.582. The van der Waals surface area contributed by atoms with Crippen LogP contribution in [0.25, 0.3) is 0 Å². The molecule has 1 aliphatic rings. The smallest absolute Gasteiger partial charge is 0.309 e. The predicted octanol–water partition coefficient (Wildman–Crippen LogP) is 1.53. The molecule has 2 atom stereocenters. The Morgan fingerprint density at radius 2 is 2.19 bits per heavy atom. The van der Waals surface area contributed by atoms with Gasteiger partial charge in [-0.15, -0.1) is 0 Å². The topological polar surface area (TPSA) is 80.7 Å². The third kappa shape index (κ3) is 2.80. The van der Waals surface area contributed by atoms with Gasteiger partial charge in [0.05, 0.1) is 23.2 Å². The first kappa shape index (κ1) is 15.9. The average molecular weight is 316 g/mol. The van der Waals surface area contributed by atoms with Crippen molar-refractivity contribution in [2.75, 3.05) is 6.61 Å². The van der Waals surface area contributed by atoms with Gasteiger partial charge in [0.15, 0.2) is 9.84 Å². The third-order valence-corrected chi connectivity index (χ3v) is 5.84. The molecule has 0 amide bonds. The van der Waals surface area contributed by atoms with E-state index in [9.17, 15) is 22.7 Å². The second-order valence-corrected chi connectivity index (χ2v) is 7.55. The molecule has 21 heavy (non-hydrogen) atoms. The van der Waals surface area contributed by atoms with Crippen LogP contribution >= 0.6 is 0 Å². The summed E-state index contributed by atoms with van der Waals surface area (Å²) in [6.45, 7) is 3.24. The van der Waals surface area contributed by atoms with Gasteiger partial charge in [0.1, 0.15) is 11.4 Å². The Morgan fingerprint density at radius 1 is 1.52 bits per heavy atom. The molecule has 0 fully saturated rings. The number of hydrogen-bond acceptors (Lipinski definition) is 5. The molecular formula is C14H17FO5S. The van der Waals surface area contributed by atoms with E-state index in [0.29, 0.717) is 0 Å². The fourth-order valence-electron chi connectivity index (χ4n) is 2.64. The molecule has 1 aliphatic heterocycles. The quantitative estimate of drug-likeness (QED) is 0.676. The number of halogens is 1. The molecule has 1 aromatic rings. The number of rotatable bonds is 3. The normalized spacial score (nSPS) is 27.0. The molecule has 0 bridgehead atoms. The van der Waals surface area contributed by atoms with Crippen molar-refractivity contribution in [1.29, 1.82) is 0 Å². The van der Waals surface area contributed by atoms with E-state index in [4.69, 9.17) is 4.74 Å². The maximum atomic E-state index is 13.5. The molecule has 0 unspecified atom stereocenters. The maximum Gasteiger partial charge on any atom is 0.309 e. The van der Waals surface area contributed by atoms with Crippen LogP contribution in [0.2, 0.25) is 0 Å². The lowest BCUT2D eigenvalue weighted by atomic mass is 9.85. The first-order valence-electron chi connectivity index (χ1n) is 6.62. The van der Waals surface area contributed by atoms with Gasteiger partial charge in [-0.2, -0.15) is 0 Å². The van der Waals surface area contributed by atoms with E-state index in [1.807, 2.05) is 0 Å². The molecule has 1 heterocycles. The van der Waals surface area contributed by atoms with Gasteiger partial charge in [-0.3, -0.25) is 4.79 Å². The Bertz CT molecular complexity index is 670. The van der Waals surface area contributed by atoms with Crippen molar-refractivity contribution in [3.05, 3.63) is 29.6 Å². The van der Waals surface area contributed by atoms with Crippen molar-refractivity contribution in [2.45, 2.75) is 42.4 Å². The Hall–Kier alpha value is -1.47. The molecule has 1 N–H and O–H groups in total. The largest absolute Gasteiger partial charge is 0.466 e. The zero-order valence-corrected chi connectivity index (χ0v) is 12.6. The van der Waals surface area contributed by atoms with E-state index < -0.39 is 38.9 Å². The van der Waals surface area contributed by atoms with Crippen LogP contribution in [0.5, 0.6) is 0 Å². The summed E-state index contributed by atoms with van der Waals surface area (Å²) in [5.41, 5.74) is -1.82. The Kier molecular flexibility index (Phi) is 4.08. The molecule has 0 radical (unpaired) electrons. The number of hydrogen-bond donors (Lipinski definition) is 1. The summed E-state index contributed by atoms with van der Waals surface area (Å²) in [6, 6.07) is 3.13. The maximum absolute atomic E-state index is 13.5. The number of ether oxygens (including phenoxy) is 1. The summed E-state index contributed by atoms with van der Waals surface area (Å²) >= 11 is 0. The molecule has 116 valence electrons. The number of esters is 1. The molecular weight excluding hydrogens is 299 g/mol. The van der Waals surface area contributed by atoms with E-state index in [1.54, 1.807) is 6.92 Å². The van der Waals surface area contributed by atoms with Crippen LogP contribution in [-0.4, -0.2) is 31.4 Å². The highest BCUT2D eigenvalue weighted by molar-refractivity contribution is 7.92. The van der Waals surface area contributed by atoms with E-state index in [0.717, 1.165) is 18.2 Å². The molecule has 7 heteroatoms. The van der Waals surface area contributed by atoms with Crippen LogP contribution in [-0.2, 0) is 25.0 Å². The summed E-state index contributed by atoms with van der Waals surface area (Å²) in [4.78, 5) is 11.5. The van der Waals surface area contributed by atoms with Crippen LogP contribution < -0.4 is 0 Å². The Morgan fingerprint density at radius 3 is 2.81 bits per heavy atom. The Balaban J connectivity index is 2.55. The Labute approximate surface area is 122 Å². The van der Waals surface area contributed by atoms with E-state index in [-0.39, 0.29) is 23.5 Å². The highest BCUT2D eigenvalue weighted by atomic mass is 32.2. The molecule has 5 nitrogen and oxygen atoms in total. The van der Waals surface area contributed by atoms with Crippen molar-refractivity contribution in [1.82, 2.24) is 0 Å². The lowest BCUT2D eigenvalue weighted by molar-refractivity contribution is -0.149. The fourth-order valence-corrected chi connectivity index (χ4v) is 4.39. The molecule has 2 rings (SSSR count). The molecule has 1 aromatic carbocycles. The van der Waals surface area contributed by atoms with Gasteiger partial charge in [0, 0.05) is 5.56 Å². The number of carbonyl (C=O) groups is 1. The van der Waals surface area contributed by atoms with E-state index in [1.165, 1.54) is 6.92 Å². The second-order valence-electron chi connectivity index (χ2n) is 5.21. The third-order valence-electron chi connectivity index (χ3n) is 3.65. The molecule has 0 saturated heterocycles. The summed E-state index contributed by atoms with van der Waals surface area (Å²) in [5, 5.41) is 9.85. The van der Waals surface area contributed by atoms with Gasteiger partial charge in [0.25, 0.3) is 0 Å². The minimum Gasteiger partial charge on any atom is -0.466 e. The van der Waals surface area contributed by atoms with Crippen LogP contribution in [0.4, 0.5) is 4.39 Å². The first-order chi connectivity index (χ1) is 9.70. The first-order valence-corrected chi connectivity index (χ1v) is 8.17. The molecule has 0 saturated carbocycles. The van der Waals surface area contributed by atoms with Crippen LogP contribution in [0.3, 0.4) is 0 Å². The van der Waals surface area contributed by atoms with Gasteiger partial charge >= 0.3 is 5.97 Å². The minimum absolute atomic E-state index is 0.0753. The number of sulfone groups is 1. The van der Waals surface area contributed by atoms with E-state index in [2.05, 4.69) is 0 Å². The monoisotopic (exact) mass is 316 g/mol. The van der Waals surface area contributed by atoms with Crippen LogP contribution in [0.1, 0.15) is 32.3 Å². The molecule has 0 spiro atoms. The number of aliphatic hydroxyl groups is 1. The number of benzene rings is 1. The lowest BCUT2D eigenvalue weighted by Gasteiger charge is -2.36. The van der Waals surface area contributed by atoms with Crippen molar-refractivity contribution >= 4 is 15.8 Å². The SMILES string of the molecule is CCOC(=O)C[C@]1(O)C[C@@H](C)S(=O)(=O)c2ccc(F)cc21. The zero-order valence-electron chi connectivity index (χ0n) is 11.8. The summed E-state index contributed by atoms with van der Waals surface area (Å²) in [7, 11) is -3.64. The minimum atomic E-state index is -3.64.